The number of nitrogens with zero attached hydrogens (tertiary/aromatic N) is 4. The summed E-state index contributed by atoms with van der Waals surface area (Å²) in [7, 11) is 0. The van der Waals surface area contributed by atoms with Crippen LogP contribution in [0.2, 0.25) is 5.02 Å². The third kappa shape index (κ3) is 4.04. The van der Waals surface area contributed by atoms with Crippen molar-refractivity contribution < 1.29 is 19.3 Å². The summed E-state index contributed by atoms with van der Waals surface area (Å²) in [5, 5.41) is 18.7. The molecular formula is C25H25ClN4O3. The monoisotopic (exact) mass is 464 g/mol. The largest absolute Gasteiger partial charge is 0.858 e. The molecule has 170 valence electrons. The fourth-order valence-electron chi connectivity index (χ4n) is 3.97. The molecule has 0 saturated heterocycles. The highest BCUT2D eigenvalue weighted by Gasteiger charge is 2.46. The Labute approximate surface area is 197 Å². The summed E-state index contributed by atoms with van der Waals surface area (Å²) in [6, 6.07) is 10.5. The Hall–Kier alpha value is -3.45. The molecule has 4 rings (SSSR count). The smallest absolute Gasteiger partial charge is 0.326 e. The fourth-order valence-corrected chi connectivity index (χ4v) is 4.10. The second-order valence-electron chi connectivity index (χ2n) is 8.03. The summed E-state index contributed by atoms with van der Waals surface area (Å²) in [4.78, 5) is 28.1. The number of hydrogen-bond acceptors (Lipinski definition) is 4. The van der Waals surface area contributed by atoms with Crippen molar-refractivity contribution in [1.82, 2.24) is 14.7 Å². The average molecular weight is 465 g/mol. The van der Waals surface area contributed by atoms with E-state index in [1.807, 2.05) is 32.9 Å². The van der Waals surface area contributed by atoms with Crippen LogP contribution >= 0.6 is 11.6 Å². The maximum atomic E-state index is 13.6. The van der Waals surface area contributed by atoms with E-state index in [0.29, 0.717) is 29.2 Å². The SMILES string of the molecule is CCCc1nn(-c2ccc(Cl)cc2)c([O-])c1C1=C([n+]2ccc(C)cc2)C(=O)N(CCC)C1=O. The van der Waals surface area contributed by atoms with E-state index in [4.69, 9.17) is 11.6 Å². The molecule has 0 atom stereocenters. The number of benzene rings is 1. The van der Waals surface area contributed by atoms with E-state index in [2.05, 4.69) is 5.10 Å². The van der Waals surface area contributed by atoms with Gasteiger partial charge < -0.3 is 5.11 Å². The van der Waals surface area contributed by atoms with Crippen molar-refractivity contribution in [1.29, 1.82) is 0 Å². The van der Waals surface area contributed by atoms with E-state index in [1.165, 1.54) is 9.58 Å². The number of halogens is 1. The molecule has 8 heteroatoms. The normalized spacial score (nSPS) is 14.0. The van der Waals surface area contributed by atoms with E-state index >= 15 is 0 Å². The van der Waals surface area contributed by atoms with E-state index in [-0.39, 0.29) is 23.4 Å². The Morgan fingerprint density at radius 1 is 1.00 bits per heavy atom. The van der Waals surface area contributed by atoms with Gasteiger partial charge in [0.15, 0.2) is 12.4 Å². The predicted octanol–water partition coefficient (Wildman–Crippen LogP) is 3.29. The first kappa shape index (κ1) is 22.7. The zero-order valence-corrected chi connectivity index (χ0v) is 19.6. The van der Waals surface area contributed by atoms with Crippen molar-refractivity contribution in [3.05, 3.63) is 70.6 Å². The second-order valence-corrected chi connectivity index (χ2v) is 8.47. The molecule has 1 aliphatic rings. The molecule has 0 radical (unpaired) electrons. The summed E-state index contributed by atoms with van der Waals surface area (Å²) < 4.78 is 2.90. The molecule has 0 N–H and O–H groups in total. The van der Waals surface area contributed by atoms with Crippen molar-refractivity contribution in [3.8, 4) is 11.6 Å². The van der Waals surface area contributed by atoms with Crippen LogP contribution in [0.3, 0.4) is 0 Å². The summed E-state index contributed by atoms with van der Waals surface area (Å²) >= 11 is 6.00. The molecular weight excluding hydrogens is 440 g/mol. The third-order valence-corrected chi connectivity index (χ3v) is 5.82. The summed E-state index contributed by atoms with van der Waals surface area (Å²) in [6.07, 6.45) is 5.31. The first-order valence-corrected chi connectivity index (χ1v) is 11.4. The lowest BCUT2D eigenvalue weighted by atomic mass is 10.0. The first-order chi connectivity index (χ1) is 15.9. The van der Waals surface area contributed by atoms with Gasteiger partial charge in [0.1, 0.15) is 5.57 Å². The Bertz CT molecular complexity index is 1240. The zero-order chi connectivity index (χ0) is 23.7. The number of amides is 2. The Balaban J connectivity index is 1.98. The van der Waals surface area contributed by atoms with E-state index in [0.717, 1.165) is 12.0 Å². The summed E-state index contributed by atoms with van der Waals surface area (Å²) in [6.45, 7) is 6.09. The summed E-state index contributed by atoms with van der Waals surface area (Å²) in [5.74, 6) is -1.30. The van der Waals surface area contributed by atoms with Crippen molar-refractivity contribution in [2.75, 3.05) is 6.54 Å². The van der Waals surface area contributed by atoms with Crippen LogP contribution in [0.15, 0.2) is 48.8 Å². The minimum Gasteiger partial charge on any atom is -0.858 e. The highest BCUT2D eigenvalue weighted by molar-refractivity contribution is 6.44. The van der Waals surface area contributed by atoms with Gasteiger partial charge in [-0.3, -0.25) is 14.5 Å². The maximum absolute atomic E-state index is 13.6. The van der Waals surface area contributed by atoms with Gasteiger partial charge in [-0.1, -0.05) is 31.9 Å². The van der Waals surface area contributed by atoms with Crippen molar-refractivity contribution in [2.45, 2.75) is 40.0 Å². The standard InChI is InChI=1S/C25H25ClN4O3/c1-4-6-19-20(24(32)30(27-19)18-9-7-17(26)8-10-18)21-22(28-14-11-16(3)12-15-28)25(33)29(13-5-2)23(21)31/h7-12,14-15H,4-6,13H2,1-3H3. The molecule has 0 saturated carbocycles. The van der Waals surface area contributed by atoms with Crippen molar-refractivity contribution >= 4 is 34.7 Å². The highest BCUT2D eigenvalue weighted by Crippen LogP contribution is 2.37. The number of rotatable bonds is 7. The number of aryl methyl sites for hydroxylation is 2. The molecule has 2 amide bonds. The molecule has 1 aromatic carbocycles. The predicted molar refractivity (Wildman–Crippen MR) is 124 cm³/mol. The molecule has 0 bridgehead atoms. The average Bonchev–Trinajstić information content (AvgIpc) is 3.23. The van der Waals surface area contributed by atoms with Gasteiger partial charge in [0.25, 0.3) is 11.6 Å². The van der Waals surface area contributed by atoms with E-state index < -0.39 is 17.7 Å². The van der Waals surface area contributed by atoms with E-state index in [1.54, 1.807) is 41.2 Å². The molecule has 2 aromatic heterocycles. The number of carbonyl (C=O) groups excluding carboxylic acids is 2. The molecule has 1 aliphatic heterocycles. The van der Waals surface area contributed by atoms with Gasteiger partial charge in [-0.05, 0) is 55.5 Å². The summed E-state index contributed by atoms with van der Waals surface area (Å²) in [5.41, 5.74) is 2.53. The van der Waals surface area contributed by atoms with Crippen LogP contribution in [-0.2, 0) is 16.0 Å². The molecule has 33 heavy (non-hydrogen) atoms. The fraction of sp³-hybridized carbons (Fsp3) is 0.280. The van der Waals surface area contributed by atoms with Crippen LogP contribution < -0.4 is 9.67 Å². The maximum Gasteiger partial charge on any atom is 0.326 e. The van der Waals surface area contributed by atoms with Gasteiger partial charge >= 0.3 is 5.91 Å². The number of hydrogen-bond donors (Lipinski definition) is 0. The minimum absolute atomic E-state index is 0.107. The number of imide groups is 1. The van der Waals surface area contributed by atoms with Crippen LogP contribution in [0, 0.1) is 6.92 Å². The van der Waals surface area contributed by atoms with Crippen molar-refractivity contribution in [3.63, 3.8) is 0 Å². The second kappa shape index (κ2) is 9.19. The van der Waals surface area contributed by atoms with Gasteiger partial charge in [0.05, 0.1) is 11.4 Å². The van der Waals surface area contributed by atoms with Gasteiger partial charge in [0.2, 0.25) is 0 Å². The van der Waals surface area contributed by atoms with Crippen LogP contribution in [0.25, 0.3) is 17.0 Å². The van der Waals surface area contributed by atoms with Crippen LogP contribution in [0.1, 0.15) is 43.5 Å². The molecule has 3 heterocycles. The van der Waals surface area contributed by atoms with E-state index in [9.17, 15) is 14.7 Å². The van der Waals surface area contributed by atoms with Gasteiger partial charge in [-0.25, -0.2) is 4.68 Å². The lowest BCUT2D eigenvalue weighted by Crippen LogP contribution is -2.39. The zero-order valence-electron chi connectivity index (χ0n) is 18.8. The molecule has 0 fully saturated rings. The lowest BCUT2D eigenvalue weighted by Gasteiger charge is -2.15. The van der Waals surface area contributed by atoms with Crippen molar-refractivity contribution in [2.24, 2.45) is 0 Å². The van der Waals surface area contributed by atoms with Crippen LogP contribution in [0.4, 0.5) is 0 Å². The minimum atomic E-state index is -0.463. The Morgan fingerprint density at radius 3 is 2.27 bits per heavy atom. The molecule has 0 unspecified atom stereocenters. The molecule has 0 spiro atoms. The highest BCUT2D eigenvalue weighted by atomic mass is 35.5. The lowest BCUT2D eigenvalue weighted by molar-refractivity contribution is -0.577. The van der Waals surface area contributed by atoms with Gasteiger partial charge in [-0.2, -0.15) is 9.67 Å². The van der Waals surface area contributed by atoms with Gasteiger partial charge in [0, 0.05) is 29.3 Å². The molecule has 7 nitrogen and oxygen atoms in total. The third-order valence-electron chi connectivity index (χ3n) is 5.57. The first-order valence-electron chi connectivity index (χ1n) is 11.0. The molecule has 3 aromatic rings. The van der Waals surface area contributed by atoms with Gasteiger partial charge in [-0.15, -0.1) is 0 Å². The number of pyridine rings is 1. The molecule has 0 aliphatic carbocycles. The number of aromatic nitrogens is 3. The quantitative estimate of drug-likeness (QED) is 0.397. The Kier molecular flexibility index (Phi) is 6.33. The van der Waals surface area contributed by atoms with Crippen LogP contribution in [-0.4, -0.2) is 33.0 Å². The van der Waals surface area contributed by atoms with Crippen LogP contribution in [0.5, 0.6) is 5.88 Å². The number of carbonyl (C=O) groups is 2. The Morgan fingerprint density at radius 2 is 1.67 bits per heavy atom. The topological polar surface area (TPSA) is 82.1 Å².